The molecule has 1 amide bonds. The second kappa shape index (κ2) is 7.61. The molecule has 0 saturated carbocycles. The highest BCUT2D eigenvalue weighted by atomic mass is 32.2. The first-order chi connectivity index (χ1) is 12.7. The van der Waals surface area contributed by atoms with Crippen LogP contribution in [0.1, 0.15) is 33.5 Å². The Bertz CT molecular complexity index is 964. The Morgan fingerprint density at radius 3 is 2.70 bits per heavy atom. The van der Waals surface area contributed by atoms with Crippen LogP contribution in [-0.2, 0) is 22.9 Å². The molecule has 1 atom stereocenters. The van der Waals surface area contributed by atoms with Gasteiger partial charge in [-0.2, -0.15) is 0 Å². The fraction of sp³-hybridized carbons (Fsp3) is 0.421. The minimum absolute atomic E-state index is 0.0999. The van der Waals surface area contributed by atoms with Gasteiger partial charge < -0.3 is 10.1 Å². The number of amides is 1. The summed E-state index contributed by atoms with van der Waals surface area (Å²) in [4.78, 5) is 14.8. The molecule has 1 aliphatic rings. The summed E-state index contributed by atoms with van der Waals surface area (Å²) in [6, 6.07) is 6.40. The van der Waals surface area contributed by atoms with Crippen LogP contribution >= 0.6 is 11.3 Å². The predicted molar refractivity (Wildman–Crippen MR) is 107 cm³/mol. The first-order valence-electron chi connectivity index (χ1n) is 8.76. The fourth-order valence-corrected chi connectivity index (χ4v) is 5.19. The molecule has 6 nitrogen and oxygen atoms in total. The first kappa shape index (κ1) is 19.9. The number of ether oxygens (including phenoxy) is 1. The molecule has 146 valence electrons. The maximum Gasteiger partial charge on any atom is 0.265 e. The Hall–Kier alpha value is -1.90. The maximum atomic E-state index is 12.8. The third-order valence-corrected chi connectivity index (χ3v) is 7.80. The standard InChI is InChI=1S/C19H24N2O4S2/c1-12-5-8-17-13(9-12)10-18(26-17)19(22)20-15-11-14(6-7-16(15)25-4)27(23,24)21(2)3/h6-7,10-12H,5,8-9H2,1-4H3,(H,20,22)/t12-/m1/s1. The zero-order valence-electron chi connectivity index (χ0n) is 15.9. The number of sulfonamides is 1. The lowest BCUT2D eigenvalue weighted by Crippen LogP contribution is -2.22. The van der Waals surface area contributed by atoms with Gasteiger partial charge in [0.25, 0.3) is 5.91 Å². The number of thiophene rings is 1. The average Bonchev–Trinajstić information content (AvgIpc) is 3.04. The number of carbonyl (C=O) groups is 1. The summed E-state index contributed by atoms with van der Waals surface area (Å²) >= 11 is 1.51. The fourth-order valence-electron chi connectivity index (χ4n) is 3.16. The number of anilines is 1. The summed E-state index contributed by atoms with van der Waals surface area (Å²) in [6.07, 6.45) is 3.15. The molecular weight excluding hydrogens is 384 g/mol. The second-order valence-electron chi connectivity index (χ2n) is 7.01. The van der Waals surface area contributed by atoms with E-state index in [0.29, 0.717) is 22.2 Å². The number of hydrogen-bond donors (Lipinski definition) is 1. The van der Waals surface area contributed by atoms with E-state index in [1.54, 1.807) is 6.07 Å². The number of hydrogen-bond acceptors (Lipinski definition) is 5. The van der Waals surface area contributed by atoms with Crippen molar-refractivity contribution in [2.45, 2.75) is 31.1 Å². The van der Waals surface area contributed by atoms with Gasteiger partial charge in [0, 0.05) is 19.0 Å². The highest BCUT2D eigenvalue weighted by molar-refractivity contribution is 7.89. The molecule has 1 N–H and O–H groups in total. The van der Waals surface area contributed by atoms with Crippen LogP contribution in [0, 0.1) is 5.92 Å². The number of nitrogens with one attached hydrogen (secondary N) is 1. The number of carbonyl (C=O) groups excluding carboxylic acids is 1. The van der Waals surface area contributed by atoms with Crippen molar-refractivity contribution >= 4 is 33.0 Å². The maximum absolute atomic E-state index is 12.8. The van der Waals surface area contributed by atoms with Crippen LogP contribution in [0.2, 0.25) is 0 Å². The van der Waals surface area contributed by atoms with Crippen molar-refractivity contribution in [2.24, 2.45) is 5.92 Å². The lowest BCUT2D eigenvalue weighted by Gasteiger charge is -2.16. The van der Waals surface area contributed by atoms with E-state index in [1.165, 1.54) is 55.1 Å². The molecule has 0 spiro atoms. The summed E-state index contributed by atoms with van der Waals surface area (Å²) in [5.74, 6) is 0.798. The van der Waals surface area contributed by atoms with Crippen molar-refractivity contribution in [3.8, 4) is 5.75 Å². The molecule has 1 aliphatic carbocycles. The second-order valence-corrected chi connectivity index (χ2v) is 10.3. The van der Waals surface area contributed by atoms with Gasteiger partial charge in [0.05, 0.1) is 22.6 Å². The van der Waals surface area contributed by atoms with Crippen molar-refractivity contribution in [3.63, 3.8) is 0 Å². The molecule has 0 unspecified atom stereocenters. The highest BCUT2D eigenvalue weighted by Crippen LogP contribution is 2.34. The summed E-state index contributed by atoms with van der Waals surface area (Å²) in [6.45, 7) is 2.22. The third kappa shape index (κ3) is 4.02. The van der Waals surface area contributed by atoms with Crippen molar-refractivity contribution in [2.75, 3.05) is 26.5 Å². The van der Waals surface area contributed by atoms with Crippen LogP contribution in [0.5, 0.6) is 5.75 Å². The summed E-state index contributed by atoms with van der Waals surface area (Å²) in [5.41, 5.74) is 1.59. The van der Waals surface area contributed by atoms with E-state index in [1.807, 2.05) is 6.07 Å². The number of methoxy groups -OCH3 is 1. The normalized spacial score (nSPS) is 16.9. The van der Waals surface area contributed by atoms with E-state index in [9.17, 15) is 13.2 Å². The molecule has 0 saturated heterocycles. The minimum Gasteiger partial charge on any atom is -0.495 e. The van der Waals surface area contributed by atoms with Crippen LogP contribution < -0.4 is 10.1 Å². The van der Waals surface area contributed by atoms with E-state index in [4.69, 9.17) is 4.74 Å². The topological polar surface area (TPSA) is 75.7 Å². The van der Waals surface area contributed by atoms with Crippen molar-refractivity contribution in [1.29, 1.82) is 0 Å². The van der Waals surface area contributed by atoms with Crippen LogP contribution in [-0.4, -0.2) is 39.8 Å². The van der Waals surface area contributed by atoms with Gasteiger partial charge in [-0.3, -0.25) is 4.79 Å². The molecule has 8 heteroatoms. The quantitative estimate of drug-likeness (QED) is 0.823. The molecule has 0 bridgehead atoms. The van der Waals surface area contributed by atoms with Gasteiger partial charge in [0.2, 0.25) is 10.0 Å². The van der Waals surface area contributed by atoms with E-state index in [-0.39, 0.29) is 10.8 Å². The van der Waals surface area contributed by atoms with Crippen LogP contribution in [0.3, 0.4) is 0 Å². The molecule has 0 aliphatic heterocycles. The number of benzene rings is 1. The lowest BCUT2D eigenvalue weighted by atomic mass is 9.90. The SMILES string of the molecule is COc1ccc(S(=O)(=O)N(C)C)cc1NC(=O)c1cc2c(s1)CC[C@@H](C)C2. The van der Waals surface area contributed by atoms with E-state index < -0.39 is 10.0 Å². The van der Waals surface area contributed by atoms with E-state index in [2.05, 4.69) is 12.2 Å². The largest absolute Gasteiger partial charge is 0.495 e. The molecule has 3 rings (SSSR count). The van der Waals surface area contributed by atoms with Crippen molar-refractivity contribution < 1.29 is 17.9 Å². The van der Waals surface area contributed by atoms with E-state index >= 15 is 0 Å². The molecule has 2 aromatic rings. The predicted octanol–water partition coefficient (Wildman–Crippen LogP) is 3.38. The molecule has 1 heterocycles. The molecule has 0 radical (unpaired) electrons. The number of rotatable bonds is 5. The Labute approximate surface area is 164 Å². The van der Waals surface area contributed by atoms with Gasteiger partial charge in [-0.15, -0.1) is 11.3 Å². The molecule has 1 aromatic carbocycles. The van der Waals surface area contributed by atoms with Crippen LogP contribution in [0.25, 0.3) is 0 Å². The van der Waals surface area contributed by atoms with Gasteiger partial charge in [-0.05, 0) is 55.0 Å². The Morgan fingerprint density at radius 2 is 2.04 bits per heavy atom. The highest BCUT2D eigenvalue weighted by Gasteiger charge is 2.23. The molecular formula is C19H24N2O4S2. The summed E-state index contributed by atoms with van der Waals surface area (Å²) in [5, 5.41) is 2.81. The average molecular weight is 409 g/mol. The van der Waals surface area contributed by atoms with Gasteiger partial charge >= 0.3 is 0 Å². The van der Waals surface area contributed by atoms with Gasteiger partial charge in [0.15, 0.2) is 0 Å². The number of nitrogens with zero attached hydrogens (tertiary/aromatic N) is 1. The van der Waals surface area contributed by atoms with Crippen LogP contribution in [0.15, 0.2) is 29.2 Å². The molecule has 1 aromatic heterocycles. The smallest absolute Gasteiger partial charge is 0.265 e. The summed E-state index contributed by atoms with van der Waals surface area (Å²) < 4.78 is 31.2. The Morgan fingerprint density at radius 1 is 1.30 bits per heavy atom. The van der Waals surface area contributed by atoms with Gasteiger partial charge in [-0.25, -0.2) is 12.7 Å². The first-order valence-corrected chi connectivity index (χ1v) is 11.0. The number of aryl methyl sites for hydroxylation is 1. The Kier molecular flexibility index (Phi) is 5.60. The third-order valence-electron chi connectivity index (χ3n) is 4.75. The lowest BCUT2D eigenvalue weighted by molar-refractivity contribution is 0.103. The number of fused-ring (bicyclic) bond motifs is 1. The monoisotopic (exact) mass is 408 g/mol. The van der Waals surface area contributed by atoms with Gasteiger partial charge in [-0.1, -0.05) is 6.92 Å². The van der Waals surface area contributed by atoms with Crippen molar-refractivity contribution in [1.82, 2.24) is 4.31 Å². The van der Waals surface area contributed by atoms with Crippen LogP contribution in [0.4, 0.5) is 5.69 Å². The minimum atomic E-state index is -3.60. The molecule has 0 fully saturated rings. The van der Waals surface area contributed by atoms with Gasteiger partial charge in [0.1, 0.15) is 5.75 Å². The van der Waals surface area contributed by atoms with Crippen molar-refractivity contribution in [3.05, 3.63) is 39.6 Å². The van der Waals surface area contributed by atoms with E-state index in [0.717, 1.165) is 23.6 Å². The summed E-state index contributed by atoms with van der Waals surface area (Å²) in [7, 11) is 0.813. The Balaban J connectivity index is 1.89. The zero-order chi connectivity index (χ0) is 19.8. The molecule has 27 heavy (non-hydrogen) atoms. The zero-order valence-corrected chi connectivity index (χ0v) is 17.5.